The van der Waals surface area contributed by atoms with Crippen molar-refractivity contribution in [3.8, 4) is 0 Å². The van der Waals surface area contributed by atoms with E-state index in [0.717, 1.165) is 5.92 Å². The summed E-state index contributed by atoms with van der Waals surface area (Å²) >= 11 is 0. The first-order valence-electron chi connectivity index (χ1n) is 9.18. The predicted molar refractivity (Wildman–Crippen MR) is 100 cm³/mol. The van der Waals surface area contributed by atoms with E-state index in [4.69, 9.17) is 0 Å². The minimum absolute atomic E-state index is 0.255. The summed E-state index contributed by atoms with van der Waals surface area (Å²) in [5.41, 5.74) is 3.15. The maximum Gasteiger partial charge on any atom is 0.129 e. The second-order valence-electron chi connectivity index (χ2n) is 7.14. The Morgan fingerprint density at radius 2 is 1.83 bits per heavy atom. The highest BCUT2D eigenvalue weighted by Gasteiger charge is 2.29. The predicted octanol–water partition coefficient (Wildman–Crippen LogP) is 5.07. The molecule has 0 bridgehead atoms. The van der Waals surface area contributed by atoms with Crippen LogP contribution in [-0.2, 0) is 11.2 Å². The van der Waals surface area contributed by atoms with E-state index in [1.807, 2.05) is 6.92 Å². The lowest BCUT2D eigenvalue weighted by atomic mass is 9.89. The quantitative estimate of drug-likeness (QED) is 0.723. The van der Waals surface area contributed by atoms with Crippen molar-refractivity contribution < 1.29 is 4.79 Å². The van der Waals surface area contributed by atoms with Crippen molar-refractivity contribution in [3.63, 3.8) is 0 Å². The summed E-state index contributed by atoms with van der Waals surface area (Å²) in [6, 6.07) is 9.75. The number of rotatable bonds is 4. The van der Waals surface area contributed by atoms with Crippen LogP contribution in [0.5, 0.6) is 0 Å². The van der Waals surface area contributed by atoms with Crippen molar-refractivity contribution in [2.75, 3.05) is 13.6 Å². The summed E-state index contributed by atoms with van der Waals surface area (Å²) < 4.78 is 0. The Morgan fingerprint density at radius 1 is 1.22 bits per heavy atom. The summed E-state index contributed by atoms with van der Waals surface area (Å²) in [4.78, 5) is 12.4. The normalized spacial score (nSPS) is 23.5. The molecule has 0 radical (unpaired) electrons. The topological polar surface area (TPSA) is 20.3 Å². The molecule has 0 heterocycles. The number of hydrogen-bond acceptors (Lipinski definition) is 2. The van der Waals surface area contributed by atoms with Crippen LogP contribution in [0.2, 0.25) is 0 Å². The molecule has 1 aliphatic rings. The van der Waals surface area contributed by atoms with Crippen molar-refractivity contribution in [1.29, 1.82) is 0 Å². The molecule has 0 saturated carbocycles. The number of Topliss-reactive ketones (excluding diaryl/α,β-unsaturated/α-hetero) is 1. The molecule has 2 nitrogen and oxygen atoms in total. The van der Waals surface area contributed by atoms with Crippen molar-refractivity contribution >= 4 is 5.78 Å². The lowest BCUT2D eigenvalue weighted by Crippen LogP contribution is -2.37. The maximum atomic E-state index is 9.81. The van der Waals surface area contributed by atoms with E-state index in [1.54, 1.807) is 18.1 Å². The van der Waals surface area contributed by atoms with E-state index in [9.17, 15) is 4.79 Å². The Morgan fingerprint density at radius 3 is 2.39 bits per heavy atom. The van der Waals surface area contributed by atoms with Crippen LogP contribution in [0.25, 0.3) is 0 Å². The number of ketones is 1. The van der Waals surface area contributed by atoms with Gasteiger partial charge in [-0.2, -0.15) is 0 Å². The van der Waals surface area contributed by atoms with Crippen LogP contribution in [0.15, 0.2) is 24.3 Å². The molecule has 3 unspecified atom stereocenters. The fourth-order valence-corrected chi connectivity index (χ4v) is 3.53. The van der Waals surface area contributed by atoms with E-state index in [2.05, 4.69) is 57.0 Å². The molecule has 130 valence electrons. The Labute approximate surface area is 143 Å². The van der Waals surface area contributed by atoms with E-state index in [-0.39, 0.29) is 5.78 Å². The zero-order valence-electron chi connectivity index (χ0n) is 15.9. The molecule has 2 rings (SSSR count). The van der Waals surface area contributed by atoms with Gasteiger partial charge in [0.05, 0.1) is 0 Å². The monoisotopic (exact) mass is 317 g/mol. The molecule has 0 N–H and O–H groups in total. The van der Waals surface area contributed by atoms with Crippen molar-refractivity contribution in [2.24, 2.45) is 5.92 Å². The fourth-order valence-electron chi connectivity index (χ4n) is 3.53. The van der Waals surface area contributed by atoms with Crippen LogP contribution in [-0.4, -0.2) is 30.3 Å². The summed E-state index contributed by atoms with van der Waals surface area (Å²) in [6.45, 7) is 11.7. The van der Waals surface area contributed by atoms with Gasteiger partial charge in [-0.15, -0.1) is 0 Å². The Balaban J connectivity index is 0.000000463. The minimum atomic E-state index is 0.255. The average Bonchev–Trinajstić information content (AvgIpc) is 2.65. The maximum absolute atomic E-state index is 9.81. The van der Waals surface area contributed by atoms with Crippen LogP contribution in [0.1, 0.15) is 70.9 Å². The molecule has 23 heavy (non-hydrogen) atoms. The largest absolute Gasteiger partial charge is 0.303 e. The molecule has 1 aliphatic carbocycles. The van der Waals surface area contributed by atoms with Crippen molar-refractivity contribution in [3.05, 3.63) is 35.4 Å². The standard InChI is InChI=1S/C17H27N.C4H8O/c1-5-10-18(4)17-12-13(2)11-15-8-6-7-9-16(15)14(17)3;1-3-4(2)5/h6-9,13-14,17H,5,10-12H2,1-4H3;3H2,1-2H3. The first-order chi connectivity index (χ1) is 10.9. The first kappa shape index (κ1) is 19.9. The molecule has 0 saturated heterocycles. The number of carbonyl (C=O) groups excluding carboxylic acids is 1. The van der Waals surface area contributed by atoms with Gasteiger partial charge < -0.3 is 9.69 Å². The molecule has 0 aromatic heterocycles. The zero-order chi connectivity index (χ0) is 17.4. The van der Waals surface area contributed by atoms with Gasteiger partial charge in [-0.25, -0.2) is 0 Å². The summed E-state index contributed by atoms with van der Waals surface area (Å²) in [6.07, 6.45) is 4.49. The van der Waals surface area contributed by atoms with Crippen LogP contribution in [0.4, 0.5) is 0 Å². The van der Waals surface area contributed by atoms with Crippen LogP contribution in [0.3, 0.4) is 0 Å². The molecule has 1 aromatic rings. The fraction of sp³-hybridized carbons (Fsp3) is 0.667. The van der Waals surface area contributed by atoms with Crippen molar-refractivity contribution in [2.45, 2.75) is 72.3 Å². The highest BCUT2D eigenvalue weighted by atomic mass is 16.1. The van der Waals surface area contributed by atoms with Crippen LogP contribution in [0, 0.1) is 5.92 Å². The highest BCUT2D eigenvalue weighted by molar-refractivity contribution is 5.74. The van der Waals surface area contributed by atoms with Gasteiger partial charge in [0.1, 0.15) is 5.78 Å². The van der Waals surface area contributed by atoms with Gasteiger partial charge in [-0.1, -0.05) is 52.0 Å². The number of fused-ring (bicyclic) bond motifs is 1. The minimum Gasteiger partial charge on any atom is -0.303 e. The lowest BCUT2D eigenvalue weighted by Gasteiger charge is -2.33. The van der Waals surface area contributed by atoms with Gasteiger partial charge in [-0.05, 0) is 62.7 Å². The number of benzene rings is 1. The third-order valence-electron chi connectivity index (χ3n) is 4.98. The van der Waals surface area contributed by atoms with Crippen LogP contribution >= 0.6 is 0 Å². The molecule has 3 atom stereocenters. The Kier molecular flexibility index (Phi) is 8.54. The molecule has 0 spiro atoms. The van der Waals surface area contributed by atoms with Crippen molar-refractivity contribution in [1.82, 2.24) is 4.90 Å². The van der Waals surface area contributed by atoms with E-state index >= 15 is 0 Å². The van der Waals surface area contributed by atoms with Gasteiger partial charge in [-0.3, -0.25) is 0 Å². The van der Waals surface area contributed by atoms with Gasteiger partial charge in [0, 0.05) is 12.5 Å². The lowest BCUT2D eigenvalue weighted by molar-refractivity contribution is -0.116. The molecule has 0 fully saturated rings. The first-order valence-corrected chi connectivity index (χ1v) is 9.18. The van der Waals surface area contributed by atoms with E-state index in [1.165, 1.54) is 25.8 Å². The SMILES string of the molecule is CCC(C)=O.CCCN(C)C1CC(C)Cc2ccccc2C1C. The Bertz CT molecular complexity index is 482. The Hall–Kier alpha value is -1.15. The summed E-state index contributed by atoms with van der Waals surface area (Å²) in [7, 11) is 2.30. The molecular formula is C21H35NO. The van der Waals surface area contributed by atoms with Crippen LogP contribution < -0.4 is 0 Å². The summed E-state index contributed by atoms with van der Waals surface area (Å²) in [5, 5.41) is 0. The van der Waals surface area contributed by atoms with Gasteiger partial charge in [0.15, 0.2) is 0 Å². The van der Waals surface area contributed by atoms with Gasteiger partial charge in [0.25, 0.3) is 0 Å². The zero-order valence-corrected chi connectivity index (χ0v) is 15.9. The molecule has 2 heteroatoms. The number of hydrogen-bond donors (Lipinski definition) is 0. The molecule has 0 amide bonds. The van der Waals surface area contributed by atoms with Gasteiger partial charge >= 0.3 is 0 Å². The smallest absolute Gasteiger partial charge is 0.129 e. The third-order valence-corrected chi connectivity index (χ3v) is 4.98. The summed E-state index contributed by atoms with van der Waals surface area (Å²) in [5.74, 6) is 1.70. The molecular weight excluding hydrogens is 282 g/mol. The second kappa shape index (κ2) is 9.87. The average molecular weight is 318 g/mol. The van der Waals surface area contributed by atoms with Gasteiger partial charge in [0.2, 0.25) is 0 Å². The third kappa shape index (κ3) is 6.10. The number of carbonyl (C=O) groups is 1. The number of nitrogens with zero attached hydrogens (tertiary/aromatic N) is 1. The second-order valence-corrected chi connectivity index (χ2v) is 7.14. The molecule has 0 aliphatic heterocycles. The van der Waals surface area contributed by atoms with E-state index < -0.39 is 0 Å². The highest BCUT2D eigenvalue weighted by Crippen LogP contribution is 2.35. The number of likely N-dealkylation sites (N-methyl/N-ethyl adjacent to an activating group) is 1. The van der Waals surface area contributed by atoms with E-state index in [0.29, 0.717) is 18.4 Å². The molecule has 1 aromatic carbocycles.